The molecule has 114 valence electrons. The van der Waals surface area contributed by atoms with E-state index in [0.717, 1.165) is 11.3 Å². The van der Waals surface area contributed by atoms with Gasteiger partial charge in [-0.1, -0.05) is 43.6 Å². The van der Waals surface area contributed by atoms with Crippen LogP contribution in [0.2, 0.25) is 5.02 Å². The van der Waals surface area contributed by atoms with E-state index < -0.39 is 0 Å². The van der Waals surface area contributed by atoms with Gasteiger partial charge in [0.2, 0.25) is 11.7 Å². The number of hydrogen-bond donors (Lipinski definition) is 1. The van der Waals surface area contributed by atoms with Crippen molar-refractivity contribution in [1.82, 2.24) is 15.5 Å². The van der Waals surface area contributed by atoms with Crippen LogP contribution in [0.25, 0.3) is 0 Å². The Morgan fingerprint density at radius 1 is 1.38 bits per heavy atom. The lowest BCUT2D eigenvalue weighted by Gasteiger charge is -2.14. The number of rotatable bonds is 7. The Hall–Kier alpha value is -1.59. The quantitative estimate of drug-likeness (QED) is 0.849. The van der Waals surface area contributed by atoms with Crippen molar-refractivity contribution in [1.29, 1.82) is 0 Å². The summed E-state index contributed by atoms with van der Waals surface area (Å²) in [5.74, 6) is 1.88. The highest BCUT2D eigenvalue weighted by Gasteiger charge is 2.11. The summed E-state index contributed by atoms with van der Waals surface area (Å²) in [7, 11) is 0. The van der Waals surface area contributed by atoms with Gasteiger partial charge < -0.3 is 14.6 Å². The molecule has 6 heteroatoms. The zero-order valence-electron chi connectivity index (χ0n) is 12.5. The second kappa shape index (κ2) is 7.43. The second-order valence-corrected chi connectivity index (χ2v) is 5.41. The number of ether oxygens (including phenoxy) is 1. The molecule has 5 nitrogen and oxygen atoms in total. The van der Waals surface area contributed by atoms with Crippen molar-refractivity contribution in [3.8, 4) is 5.75 Å². The molecule has 0 atom stereocenters. The molecule has 21 heavy (non-hydrogen) atoms. The minimum absolute atomic E-state index is 0.262. The van der Waals surface area contributed by atoms with E-state index in [1.807, 2.05) is 25.1 Å². The summed E-state index contributed by atoms with van der Waals surface area (Å²) in [6.45, 7) is 7.05. The molecule has 0 spiro atoms. The zero-order valence-corrected chi connectivity index (χ0v) is 13.3. The predicted molar refractivity (Wildman–Crippen MR) is 81.4 cm³/mol. The molecule has 0 radical (unpaired) electrons. The molecule has 2 aromatic rings. The van der Waals surface area contributed by atoms with E-state index in [2.05, 4.69) is 29.3 Å². The molecule has 1 aromatic heterocycles. The molecule has 0 aliphatic heterocycles. The van der Waals surface area contributed by atoms with E-state index in [9.17, 15) is 0 Å². The van der Waals surface area contributed by atoms with Gasteiger partial charge in [-0.25, -0.2) is 0 Å². The molecular formula is C15H20ClN3O2. The highest BCUT2D eigenvalue weighted by Crippen LogP contribution is 2.27. The topological polar surface area (TPSA) is 60.2 Å². The Morgan fingerprint density at radius 3 is 2.86 bits per heavy atom. The van der Waals surface area contributed by atoms with Gasteiger partial charge in [0.05, 0.1) is 0 Å². The number of aromatic nitrogens is 2. The molecular weight excluding hydrogens is 290 g/mol. The average molecular weight is 310 g/mol. The summed E-state index contributed by atoms with van der Waals surface area (Å²) in [4.78, 5) is 4.22. The largest absolute Gasteiger partial charge is 0.485 e. The van der Waals surface area contributed by atoms with Gasteiger partial charge in [-0.05, 0) is 12.1 Å². The molecule has 0 fully saturated rings. The summed E-state index contributed by atoms with van der Waals surface area (Å²) < 4.78 is 10.8. The maximum Gasteiger partial charge on any atom is 0.226 e. The van der Waals surface area contributed by atoms with Gasteiger partial charge >= 0.3 is 0 Å². The van der Waals surface area contributed by atoms with E-state index in [-0.39, 0.29) is 6.61 Å². The van der Waals surface area contributed by atoms with E-state index in [4.69, 9.17) is 20.9 Å². The van der Waals surface area contributed by atoms with Crippen LogP contribution in [-0.2, 0) is 19.6 Å². The van der Waals surface area contributed by atoms with Gasteiger partial charge in [-0.15, -0.1) is 0 Å². The van der Waals surface area contributed by atoms with Gasteiger partial charge in [0.1, 0.15) is 5.75 Å². The summed E-state index contributed by atoms with van der Waals surface area (Å²) in [5, 5.41) is 7.89. The molecule has 0 bridgehead atoms. The Kier molecular flexibility index (Phi) is 5.59. The van der Waals surface area contributed by atoms with Gasteiger partial charge in [0, 0.05) is 29.6 Å². The van der Waals surface area contributed by atoms with Crippen molar-refractivity contribution < 1.29 is 9.26 Å². The van der Waals surface area contributed by atoms with Gasteiger partial charge in [-0.2, -0.15) is 4.98 Å². The first kappa shape index (κ1) is 15.8. The van der Waals surface area contributed by atoms with E-state index in [0.29, 0.717) is 35.7 Å². The fourth-order valence-corrected chi connectivity index (χ4v) is 2.02. The minimum Gasteiger partial charge on any atom is -0.485 e. The SMILES string of the molecule is CCc1nc(COc2cccc(Cl)c2CNC(C)C)no1. The number of benzene rings is 1. The van der Waals surface area contributed by atoms with Crippen molar-refractivity contribution >= 4 is 11.6 Å². The van der Waals surface area contributed by atoms with Crippen LogP contribution in [0.5, 0.6) is 5.75 Å². The standard InChI is InChI=1S/C15H20ClN3O2/c1-4-15-18-14(19-21-15)9-20-13-7-5-6-12(16)11(13)8-17-10(2)3/h5-7,10,17H,4,8-9H2,1-3H3. The number of halogens is 1. The average Bonchev–Trinajstić information content (AvgIpc) is 2.92. The van der Waals surface area contributed by atoms with Gasteiger partial charge in [0.25, 0.3) is 0 Å². The first-order chi connectivity index (χ1) is 10.1. The van der Waals surface area contributed by atoms with E-state index >= 15 is 0 Å². The van der Waals surface area contributed by atoms with Crippen LogP contribution in [0.1, 0.15) is 38.0 Å². The summed E-state index contributed by atoms with van der Waals surface area (Å²) in [5.41, 5.74) is 0.937. The third-order valence-corrected chi connectivity index (χ3v) is 3.29. The third-order valence-electron chi connectivity index (χ3n) is 2.93. The van der Waals surface area contributed by atoms with Crippen LogP contribution >= 0.6 is 11.6 Å². The van der Waals surface area contributed by atoms with Crippen LogP contribution in [0.4, 0.5) is 0 Å². The predicted octanol–water partition coefficient (Wildman–Crippen LogP) is 3.36. The van der Waals surface area contributed by atoms with Crippen LogP contribution in [0, 0.1) is 0 Å². The molecule has 2 rings (SSSR count). The molecule has 1 heterocycles. The first-order valence-electron chi connectivity index (χ1n) is 7.05. The molecule has 1 N–H and O–H groups in total. The van der Waals surface area contributed by atoms with Crippen molar-refractivity contribution in [3.05, 3.63) is 40.5 Å². The Balaban J connectivity index is 2.06. The van der Waals surface area contributed by atoms with Gasteiger partial charge in [0.15, 0.2) is 6.61 Å². The molecule has 0 saturated carbocycles. The van der Waals surface area contributed by atoms with Crippen LogP contribution in [0.15, 0.2) is 22.7 Å². The number of hydrogen-bond acceptors (Lipinski definition) is 5. The first-order valence-corrected chi connectivity index (χ1v) is 7.43. The summed E-state index contributed by atoms with van der Waals surface area (Å²) in [6.07, 6.45) is 0.716. The van der Waals surface area contributed by atoms with Crippen molar-refractivity contribution in [2.24, 2.45) is 0 Å². The van der Waals surface area contributed by atoms with Crippen molar-refractivity contribution in [2.75, 3.05) is 0 Å². The van der Waals surface area contributed by atoms with Crippen LogP contribution in [0.3, 0.4) is 0 Å². The Morgan fingerprint density at radius 2 is 2.19 bits per heavy atom. The van der Waals surface area contributed by atoms with E-state index in [1.165, 1.54) is 0 Å². The Bertz CT molecular complexity index is 584. The molecule has 0 saturated heterocycles. The van der Waals surface area contributed by atoms with Crippen molar-refractivity contribution in [3.63, 3.8) is 0 Å². The molecule has 0 aliphatic rings. The summed E-state index contributed by atoms with van der Waals surface area (Å²) in [6, 6.07) is 5.99. The van der Waals surface area contributed by atoms with Crippen LogP contribution in [-0.4, -0.2) is 16.2 Å². The number of aryl methyl sites for hydroxylation is 1. The van der Waals surface area contributed by atoms with Crippen molar-refractivity contribution in [2.45, 2.75) is 46.4 Å². The summed E-state index contributed by atoms with van der Waals surface area (Å²) >= 11 is 6.25. The zero-order chi connectivity index (χ0) is 15.2. The fraction of sp³-hybridized carbons (Fsp3) is 0.467. The molecule has 0 aliphatic carbocycles. The lowest BCUT2D eigenvalue weighted by atomic mass is 10.2. The molecule has 0 unspecified atom stereocenters. The van der Waals surface area contributed by atoms with Gasteiger partial charge in [-0.3, -0.25) is 0 Å². The highest BCUT2D eigenvalue weighted by molar-refractivity contribution is 6.31. The smallest absolute Gasteiger partial charge is 0.226 e. The number of nitrogens with one attached hydrogen (secondary N) is 1. The maximum absolute atomic E-state index is 6.25. The Labute approximate surface area is 129 Å². The lowest BCUT2D eigenvalue weighted by molar-refractivity contribution is 0.282. The fourth-order valence-electron chi connectivity index (χ4n) is 1.79. The highest BCUT2D eigenvalue weighted by atomic mass is 35.5. The molecule has 1 aromatic carbocycles. The van der Waals surface area contributed by atoms with Crippen LogP contribution < -0.4 is 10.1 Å². The van der Waals surface area contributed by atoms with E-state index in [1.54, 1.807) is 0 Å². The minimum atomic E-state index is 0.262. The normalized spacial score (nSPS) is 11.1. The number of nitrogens with zero attached hydrogens (tertiary/aromatic N) is 2. The lowest BCUT2D eigenvalue weighted by Crippen LogP contribution is -2.22. The second-order valence-electron chi connectivity index (χ2n) is 5.00. The third kappa shape index (κ3) is 4.44. The maximum atomic E-state index is 6.25. The molecule has 0 amide bonds. The monoisotopic (exact) mass is 309 g/mol.